The maximum Gasteiger partial charge on any atom is 0.180 e. The molecule has 0 bridgehead atoms. The second-order valence-corrected chi connectivity index (χ2v) is 4.92. The van der Waals surface area contributed by atoms with E-state index in [1.165, 1.54) is 4.88 Å². The van der Waals surface area contributed by atoms with E-state index in [2.05, 4.69) is 16.8 Å². The first-order chi connectivity index (χ1) is 7.29. The van der Waals surface area contributed by atoms with Gasteiger partial charge in [0.25, 0.3) is 0 Å². The number of ether oxygens (including phenoxy) is 1. The van der Waals surface area contributed by atoms with E-state index >= 15 is 0 Å². The molecule has 1 unspecified atom stereocenters. The first kappa shape index (κ1) is 10.9. The average molecular weight is 227 g/mol. The molecule has 1 aliphatic heterocycles. The van der Waals surface area contributed by atoms with Crippen molar-refractivity contribution >= 4 is 16.5 Å². The summed E-state index contributed by atoms with van der Waals surface area (Å²) in [5, 5.41) is 0.659. The second kappa shape index (κ2) is 4.92. The van der Waals surface area contributed by atoms with Crippen molar-refractivity contribution in [3.05, 3.63) is 11.1 Å². The highest BCUT2D eigenvalue weighted by Crippen LogP contribution is 2.20. The summed E-state index contributed by atoms with van der Waals surface area (Å²) in [6.45, 7) is 5.86. The number of nitrogens with zero attached hydrogens (tertiary/aromatic N) is 2. The predicted molar refractivity (Wildman–Crippen MR) is 61.8 cm³/mol. The third-order valence-electron chi connectivity index (χ3n) is 2.75. The fourth-order valence-electron chi connectivity index (χ4n) is 1.87. The van der Waals surface area contributed by atoms with Crippen molar-refractivity contribution in [1.29, 1.82) is 0 Å². The van der Waals surface area contributed by atoms with E-state index in [0.29, 0.717) is 11.2 Å². The Kier molecular flexibility index (Phi) is 3.56. The molecular weight excluding hydrogens is 210 g/mol. The van der Waals surface area contributed by atoms with Crippen LogP contribution < -0.4 is 5.73 Å². The summed E-state index contributed by atoms with van der Waals surface area (Å²) in [6.07, 6.45) is 3.01. The van der Waals surface area contributed by atoms with E-state index in [1.807, 2.05) is 6.20 Å². The summed E-state index contributed by atoms with van der Waals surface area (Å²) in [5.41, 5.74) is 5.62. The molecule has 0 radical (unpaired) electrons. The molecule has 1 atom stereocenters. The molecular formula is C10H17N3OS. The number of nitrogen functional groups attached to an aromatic ring is 1. The minimum absolute atomic E-state index is 0.544. The van der Waals surface area contributed by atoms with Gasteiger partial charge in [-0.15, -0.1) is 11.3 Å². The Morgan fingerprint density at radius 2 is 2.60 bits per heavy atom. The minimum Gasteiger partial charge on any atom is -0.378 e. The highest BCUT2D eigenvalue weighted by Gasteiger charge is 2.21. The van der Waals surface area contributed by atoms with Gasteiger partial charge in [-0.05, 0) is 6.42 Å². The molecule has 84 valence electrons. The van der Waals surface area contributed by atoms with E-state index in [4.69, 9.17) is 10.5 Å². The van der Waals surface area contributed by atoms with Crippen molar-refractivity contribution in [2.45, 2.75) is 25.9 Å². The van der Waals surface area contributed by atoms with Crippen molar-refractivity contribution in [3.63, 3.8) is 0 Å². The lowest BCUT2D eigenvalue weighted by Gasteiger charge is -2.34. The van der Waals surface area contributed by atoms with Crippen LogP contribution in [-0.2, 0) is 11.3 Å². The van der Waals surface area contributed by atoms with Gasteiger partial charge < -0.3 is 10.5 Å². The van der Waals surface area contributed by atoms with Gasteiger partial charge in [0, 0.05) is 30.2 Å². The number of nitrogens with two attached hydrogens (primary N) is 1. The van der Waals surface area contributed by atoms with Crippen LogP contribution in [0.4, 0.5) is 5.13 Å². The van der Waals surface area contributed by atoms with Gasteiger partial charge in [-0.2, -0.15) is 0 Å². The van der Waals surface area contributed by atoms with Gasteiger partial charge in [0.1, 0.15) is 0 Å². The minimum atomic E-state index is 0.544. The van der Waals surface area contributed by atoms with Crippen molar-refractivity contribution in [3.8, 4) is 0 Å². The number of thiazole rings is 1. The van der Waals surface area contributed by atoms with Crippen LogP contribution in [0, 0.1) is 0 Å². The van der Waals surface area contributed by atoms with E-state index in [0.717, 1.165) is 32.7 Å². The number of rotatable bonds is 3. The van der Waals surface area contributed by atoms with Gasteiger partial charge in [-0.25, -0.2) is 4.98 Å². The van der Waals surface area contributed by atoms with Crippen molar-refractivity contribution in [1.82, 2.24) is 9.88 Å². The van der Waals surface area contributed by atoms with E-state index in [-0.39, 0.29) is 0 Å². The third-order valence-corrected chi connectivity index (χ3v) is 3.56. The summed E-state index contributed by atoms with van der Waals surface area (Å²) >= 11 is 1.58. The Bertz CT molecular complexity index is 315. The third kappa shape index (κ3) is 2.68. The molecule has 0 saturated carbocycles. The second-order valence-electron chi connectivity index (χ2n) is 3.77. The van der Waals surface area contributed by atoms with Crippen molar-refractivity contribution < 1.29 is 4.74 Å². The molecule has 1 aromatic heterocycles. The molecule has 0 aliphatic carbocycles. The fraction of sp³-hybridized carbons (Fsp3) is 0.700. The topological polar surface area (TPSA) is 51.4 Å². The first-order valence-corrected chi connectivity index (χ1v) is 6.13. The van der Waals surface area contributed by atoms with E-state index in [1.54, 1.807) is 11.3 Å². The lowest BCUT2D eigenvalue weighted by molar-refractivity contribution is -0.0123. The van der Waals surface area contributed by atoms with Crippen LogP contribution in [0.2, 0.25) is 0 Å². The smallest absolute Gasteiger partial charge is 0.180 e. The van der Waals surface area contributed by atoms with Gasteiger partial charge in [0.05, 0.1) is 13.2 Å². The number of aromatic nitrogens is 1. The Hall–Kier alpha value is -0.650. The lowest BCUT2D eigenvalue weighted by Crippen LogP contribution is -2.44. The predicted octanol–water partition coefficient (Wildman–Crippen LogP) is 1.34. The SMILES string of the molecule is CCC1COCCN1Cc1cnc(N)s1. The molecule has 2 rings (SSSR count). The molecule has 2 heterocycles. The zero-order chi connectivity index (χ0) is 10.7. The van der Waals surface area contributed by atoms with Crippen LogP contribution in [0.15, 0.2) is 6.20 Å². The molecule has 1 aromatic rings. The number of hydrogen-bond acceptors (Lipinski definition) is 5. The zero-order valence-electron chi connectivity index (χ0n) is 8.98. The van der Waals surface area contributed by atoms with Crippen LogP contribution in [0.5, 0.6) is 0 Å². The number of anilines is 1. The molecule has 2 N–H and O–H groups in total. The summed E-state index contributed by atoms with van der Waals surface area (Å²) in [5.74, 6) is 0. The number of hydrogen-bond donors (Lipinski definition) is 1. The Morgan fingerprint density at radius 3 is 3.27 bits per heavy atom. The Balaban J connectivity index is 1.97. The van der Waals surface area contributed by atoms with Crippen LogP contribution in [0.25, 0.3) is 0 Å². The monoisotopic (exact) mass is 227 g/mol. The summed E-state index contributed by atoms with van der Waals surface area (Å²) in [4.78, 5) is 7.77. The molecule has 0 aromatic carbocycles. The van der Waals surface area contributed by atoms with Gasteiger partial charge in [-0.1, -0.05) is 6.92 Å². The van der Waals surface area contributed by atoms with E-state index in [9.17, 15) is 0 Å². The molecule has 15 heavy (non-hydrogen) atoms. The maximum atomic E-state index is 5.62. The lowest BCUT2D eigenvalue weighted by atomic mass is 10.2. The average Bonchev–Trinajstić information content (AvgIpc) is 2.65. The van der Waals surface area contributed by atoms with Crippen LogP contribution in [-0.4, -0.2) is 35.7 Å². The van der Waals surface area contributed by atoms with Gasteiger partial charge in [0.15, 0.2) is 5.13 Å². The molecule has 5 heteroatoms. The van der Waals surface area contributed by atoms with Gasteiger partial charge in [-0.3, -0.25) is 4.90 Å². The highest BCUT2D eigenvalue weighted by molar-refractivity contribution is 7.15. The molecule has 1 fully saturated rings. The fourth-order valence-corrected chi connectivity index (χ4v) is 2.58. The molecule has 1 aliphatic rings. The molecule has 0 spiro atoms. The van der Waals surface area contributed by atoms with Crippen LogP contribution >= 0.6 is 11.3 Å². The normalized spacial score (nSPS) is 23.1. The van der Waals surface area contributed by atoms with E-state index < -0.39 is 0 Å². The number of morpholine rings is 1. The van der Waals surface area contributed by atoms with Crippen LogP contribution in [0.1, 0.15) is 18.2 Å². The van der Waals surface area contributed by atoms with Crippen molar-refractivity contribution in [2.24, 2.45) is 0 Å². The van der Waals surface area contributed by atoms with Gasteiger partial charge >= 0.3 is 0 Å². The van der Waals surface area contributed by atoms with Gasteiger partial charge in [0.2, 0.25) is 0 Å². The molecule has 4 nitrogen and oxygen atoms in total. The largest absolute Gasteiger partial charge is 0.378 e. The quantitative estimate of drug-likeness (QED) is 0.846. The molecule has 0 amide bonds. The van der Waals surface area contributed by atoms with Crippen LogP contribution in [0.3, 0.4) is 0 Å². The van der Waals surface area contributed by atoms with Crippen molar-refractivity contribution in [2.75, 3.05) is 25.5 Å². The first-order valence-electron chi connectivity index (χ1n) is 5.31. The summed E-state index contributed by atoms with van der Waals surface area (Å²) in [6, 6.07) is 0.544. The standard InChI is InChI=1S/C10H17N3OS/c1-2-8-7-14-4-3-13(8)6-9-5-12-10(11)15-9/h5,8H,2-4,6-7H2,1H3,(H2,11,12). The summed E-state index contributed by atoms with van der Waals surface area (Å²) < 4.78 is 5.47. The maximum absolute atomic E-state index is 5.62. The Morgan fingerprint density at radius 1 is 1.73 bits per heavy atom. The highest BCUT2D eigenvalue weighted by atomic mass is 32.1. The summed E-state index contributed by atoms with van der Waals surface area (Å²) in [7, 11) is 0. The zero-order valence-corrected chi connectivity index (χ0v) is 9.80. The Labute approximate surface area is 94.1 Å². The molecule has 1 saturated heterocycles.